The average Bonchev–Trinajstić information content (AvgIpc) is 3.16. The number of hydrogen-bond donors (Lipinski definition) is 1. The van der Waals surface area contributed by atoms with Crippen LogP contribution >= 0.6 is 11.6 Å². The summed E-state index contributed by atoms with van der Waals surface area (Å²) in [6, 6.07) is 7.34. The van der Waals surface area contributed by atoms with E-state index in [9.17, 15) is 9.59 Å². The summed E-state index contributed by atoms with van der Waals surface area (Å²) in [5.41, 5.74) is 2.51. The van der Waals surface area contributed by atoms with Crippen molar-refractivity contribution in [1.29, 1.82) is 0 Å². The van der Waals surface area contributed by atoms with Crippen LogP contribution in [0.3, 0.4) is 0 Å². The standard InChI is InChI=1S/C21H23ClN6O2/c22-17-8-6-16(7-9-17)12-28-20-19(25-26-28)21(30)27(14-24-20)13-18(29)23-11-10-15-4-2-1-3-5-15/h4,6-9,14H,1-3,5,10-13H2,(H,23,29). The van der Waals surface area contributed by atoms with Gasteiger partial charge in [0.05, 0.1) is 6.54 Å². The SMILES string of the molecule is O=C(Cn1cnc2c(nnn2Cc2ccc(Cl)cc2)c1=O)NCCC1=CCCCC1. The first-order valence-corrected chi connectivity index (χ1v) is 10.5. The Hall–Kier alpha value is -3.00. The summed E-state index contributed by atoms with van der Waals surface area (Å²) in [6.45, 7) is 0.900. The maximum atomic E-state index is 12.7. The average molecular weight is 427 g/mol. The van der Waals surface area contributed by atoms with E-state index >= 15 is 0 Å². The number of benzene rings is 1. The molecular weight excluding hydrogens is 404 g/mol. The van der Waals surface area contributed by atoms with Gasteiger partial charge in [-0.3, -0.25) is 14.2 Å². The van der Waals surface area contributed by atoms with Crippen LogP contribution in [0.15, 0.2) is 47.0 Å². The van der Waals surface area contributed by atoms with E-state index in [0.29, 0.717) is 23.8 Å². The molecule has 8 nitrogen and oxygen atoms in total. The molecule has 1 N–H and O–H groups in total. The number of carbonyl (C=O) groups is 1. The van der Waals surface area contributed by atoms with Gasteiger partial charge < -0.3 is 5.32 Å². The number of amides is 1. The molecule has 2 heterocycles. The Labute approximate surface area is 178 Å². The molecule has 30 heavy (non-hydrogen) atoms. The van der Waals surface area contributed by atoms with Gasteiger partial charge in [0.2, 0.25) is 5.91 Å². The summed E-state index contributed by atoms with van der Waals surface area (Å²) in [6.07, 6.45) is 9.21. The Balaban J connectivity index is 1.40. The first kappa shape index (κ1) is 20.3. The number of allylic oxidation sites excluding steroid dienone is 1. The van der Waals surface area contributed by atoms with Crippen molar-refractivity contribution in [2.45, 2.75) is 45.2 Å². The van der Waals surface area contributed by atoms with Crippen molar-refractivity contribution >= 4 is 28.7 Å². The molecule has 156 valence electrons. The van der Waals surface area contributed by atoms with Crippen LogP contribution in [0.2, 0.25) is 5.02 Å². The van der Waals surface area contributed by atoms with Crippen LogP contribution in [-0.2, 0) is 17.9 Å². The molecule has 0 aliphatic heterocycles. The normalized spacial score (nSPS) is 14.0. The number of carbonyl (C=O) groups excluding carboxylic acids is 1. The molecule has 0 unspecified atom stereocenters. The number of halogens is 1. The summed E-state index contributed by atoms with van der Waals surface area (Å²) in [4.78, 5) is 29.3. The minimum absolute atomic E-state index is 0.0924. The molecule has 1 aliphatic carbocycles. The van der Waals surface area contributed by atoms with Crippen LogP contribution in [0.25, 0.3) is 11.2 Å². The first-order chi connectivity index (χ1) is 14.6. The molecule has 1 aliphatic rings. The van der Waals surface area contributed by atoms with Crippen LogP contribution in [-0.4, -0.2) is 37.0 Å². The number of fused-ring (bicyclic) bond motifs is 1. The Bertz CT molecular complexity index is 1130. The molecule has 0 spiro atoms. The fraction of sp³-hybridized carbons (Fsp3) is 0.381. The quantitative estimate of drug-likeness (QED) is 0.586. The second kappa shape index (κ2) is 9.21. The van der Waals surface area contributed by atoms with Crippen molar-refractivity contribution in [3.05, 3.63) is 63.2 Å². The Morgan fingerprint density at radius 2 is 2.03 bits per heavy atom. The molecule has 4 rings (SSSR count). The Kier molecular flexibility index (Phi) is 6.23. The monoisotopic (exact) mass is 426 g/mol. The number of nitrogens with zero attached hydrogens (tertiary/aromatic N) is 5. The Morgan fingerprint density at radius 3 is 2.80 bits per heavy atom. The molecule has 0 saturated carbocycles. The van der Waals surface area contributed by atoms with Crippen LogP contribution in [0.4, 0.5) is 0 Å². The molecule has 9 heteroatoms. The third-order valence-electron chi connectivity index (χ3n) is 5.20. The molecule has 0 bridgehead atoms. The lowest BCUT2D eigenvalue weighted by atomic mass is 9.97. The molecule has 0 atom stereocenters. The number of rotatable bonds is 7. The van der Waals surface area contributed by atoms with Gasteiger partial charge in [0.15, 0.2) is 11.2 Å². The summed E-state index contributed by atoms with van der Waals surface area (Å²) in [7, 11) is 0. The fourth-order valence-electron chi connectivity index (χ4n) is 3.57. The highest BCUT2D eigenvalue weighted by atomic mass is 35.5. The van der Waals surface area contributed by atoms with E-state index in [1.165, 1.54) is 29.3 Å². The number of hydrogen-bond acceptors (Lipinski definition) is 5. The molecule has 3 aromatic rings. The maximum Gasteiger partial charge on any atom is 0.283 e. The van der Waals surface area contributed by atoms with Gasteiger partial charge in [0.1, 0.15) is 12.9 Å². The summed E-state index contributed by atoms with van der Waals surface area (Å²) in [5, 5.41) is 11.5. The lowest BCUT2D eigenvalue weighted by molar-refractivity contribution is -0.121. The molecule has 0 radical (unpaired) electrons. The third-order valence-corrected chi connectivity index (χ3v) is 5.46. The molecule has 1 aromatic carbocycles. The van der Waals surface area contributed by atoms with E-state index in [1.54, 1.807) is 16.8 Å². The highest BCUT2D eigenvalue weighted by Crippen LogP contribution is 2.19. The summed E-state index contributed by atoms with van der Waals surface area (Å²) >= 11 is 5.91. The van der Waals surface area contributed by atoms with Gasteiger partial charge >= 0.3 is 0 Å². The zero-order valence-electron chi connectivity index (χ0n) is 16.6. The van der Waals surface area contributed by atoms with Crippen molar-refractivity contribution in [3.63, 3.8) is 0 Å². The minimum atomic E-state index is -0.382. The van der Waals surface area contributed by atoms with Crippen LogP contribution in [0.1, 0.15) is 37.7 Å². The predicted molar refractivity (Wildman–Crippen MR) is 114 cm³/mol. The van der Waals surface area contributed by atoms with Crippen molar-refractivity contribution in [3.8, 4) is 0 Å². The molecule has 0 fully saturated rings. The van der Waals surface area contributed by atoms with Crippen molar-refractivity contribution in [1.82, 2.24) is 29.9 Å². The largest absolute Gasteiger partial charge is 0.354 e. The van der Waals surface area contributed by atoms with E-state index in [1.807, 2.05) is 12.1 Å². The van der Waals surface area contributed by atoms with Gasteiger partial charge in [0.25, 0.3) is 5.56 Å². The van der Waals surface area contributed by atoms with Gasteiger partial charge in [0, 0.05) is 11.6 Å². The van der Waals surface area contributed by atoms with Crippen LogP contribution in [0.5, 0.6) is 0 Å². The van der Waals surface area contributed by atoms with Gasteiger partial charge in [-0.1, -0.05) is 40.6 Å². The van der Waals surface area contributed by atoms with E-state index in [4.69, 9.17) is 11.6 Å². The summed E-state index contributed by atoms with van der Waals surface area (Å²) in [5.74, 6) is -0.219. The van der Waals surface area contributed by atoms with Crippen LogP contribution < -0.4 is 10.9 Å². The van der Waals surface area contributed by atoms with Gasteiger partial charge in [-0.25, -0.2) is 9.67 Å². The van der Waals surface area contributed by atoms with Crippen LogP contribution in [0, 0.1) is 0 Å². The number of nitrogens with one attached hydrogen (secondary N) is 1. The fourth-order valence-corrected chi connectivity index (χ4v) is 3.70. The third kappa shape index (κ3) is 4.76. The number of aromatic nitrogens is 5. The van der Waals surface area contributed by atoms with Crippen molar-refractivity contribution in [2.75, 3.05) is 6.54 Å². The van der Waals surface area contributed by atoms with Gasteiger partial charge in [-0.2, -0.15) is 0 Å². The first-order valence-electron chi connectivity index (χ1n) is 10.1. The zero-order valence-corrected chi connectivity index (χ0v) is 17.3. The van der Waals surface area contributed by atoms with Crippen molar-refractivity contribution in [2.24, 2.45) is 0 Å². The molecule has 1 amide bonds. The van der Waals surface area contributed by atoms with Gasteiger partial charge in [-0.05, 0) is 49.8 Å². The summed E-state index contributed by atoms with van der Waals surface area (Å²) < 4.78 is 2.82. The highest BCUT2D eigenvalue weighted by Gasteiger charge is 2.14. The lowest BCUT2D eigenvalue weighted by Crippen LogP contribution is -2.33. The predicted octanol–water partition coefficient (Wildman–Crippen LogP) is 2.70. The van der Waals surface area contributed by atoms with Gasteiger partial charge in [-0.15, -0.1) is 5.10 Å². The molecule has 0 saturated heterocycles. The maximum absolute atomic E-state index is 12.7. The van der Waals surface area contributed by atoms with E-state index in [-0.39, 0.29) is 23.5 Å². The second-order valence-corrected chi connectivity index (χ2v) is 7.87. The minimum Gasteiger partial charge on any atom is -0.354 e. The van der Waals surface area contributed by atoms with E-state index < -0.39 is 0 Å². The second-order valence-electron chi connectivity index (χ2n) is 7.43. The molecule has 2 aromatic heterocycles. The van der Waals surface area contributed by atoms with Crippen molar-refractivity contribution < 1.29 is 4.79 Å². The van der Waals surface area contributed by atoms with E-state index in [0.717, 1.165) is 24.8 Å². The smallest absolute Gasteiger partial charge is 0.283 e. The Morgan fingerprint density at radius 1 is 1.20 bits per heavy atom. The lowest BCUT2D eigenvalue weighted by Gasteiger charge is -2.13. The highest BCUT2D eigenvalue weighted by molar-refractivity contribution is 6.30. The van der Waals surface area contributed by atoms with E-state index in [2.05, 4.69) is 26.7 Å². The zero-order chi connectivity index (χ0) is 20.9. The molecular formula is C21H23ClN6O2. The topological polar surface area (TPSA) is 94.7 Å².